The number of carbonyl (C=O) groups excluding carboxylic acids is 1. The number of methoxy groups -OCH3 is 1. The molecule has 0 atom stereocenters. The molecule has 4 heteroatoms. The van der Waals surface area contributed by atoms with Gasteiger partial charge >= 0.3 is 0 Å². The molecule has 1 amide bonds. The average molecular weight is 314 g/mol. The van der Waals surface area contributed by atoms with Crippen LogP contribution in [0.1, 0.15) is 37.0 Å². The van der Waals surface area contributed by atoms with Crippen LogP contribution in [0.5, 0.6) is 5.75 Å². The summed E-state index contributed by atoms with van der Waals surface area (Å²) in [7, 11) is 1.59. The number of halogens is 1. The third-order valence-electron chi connectivity index (χ3n) is 2.66. The van der Waals surface area contributed by atoms with E-state index >= 15 is 0 Å². The Bertz CT molecular complexity index is 405. The largest absolute Gasteiger partial charge is 0.497 e. The Morgan fingerprint density at radius 1 is 1.44 bits per heavy atom. The van der Waals surface area contributed by atoms with Crippen LogP contribution in [-0.4, -0.2) is 19.6 Å². The van der Waals surface area contributed by atoms with Crippen molar-refractivity contribution < 1.29 is 9.53 Å². The number of ether oxygens (including phenoxy) is 1. The van der Waals surface area contributed by atoms with Crippen molar-refractivity contribution in [1.82, 2.24) is 5.32 Å². The van der Waals surface area contributed by atoms with E-state index in [0.29, 0.717) is 23.8 Å². The number of rotatable bonds is 6. The van der Waals surface area contributed by atoms with Crippen molar-refractivity contribution >= 4 is 21.8 Å². The Balaban J connectivity index is 2.55. The van der Waals surface area contributed by atoms with Gasteiger partial charge in [0.2, 0.25) is 0 Å². The van der Waals surface area contributed by atoms with Crippen LogP contribution < -0.4 is 10.1 Å². The Hall–Kier alpha value is -1.03. The SMILES string of the molecule is COc1ccc(Br)c(C(=O)NCCCC(C)C)c1. The Labute approximate surface area is 117 Å². The van der Waals surface area contributed by atoms with Crippen LogP contribution in [0, 0.1) is 5.92 Å². The smallest absolute Gasteiger partial charge is 0.252 e. The van der Waals surface area contributed by atoms with E-state index in [9.17, 15) is 4.79 Å². The summed E-state index contributed by atoms with van der Waals surface area (Å²) >= 11 is 3.38. The number of amides is 1. The highest BCUT2D eigenvalue weighted by Gasteiger charge is 2.10. The van der Waals surface area contributed by atoms with Crippen LogP contribution in [0.15, 0.2) is 22.7 Å². The molecule has 0 aromatic heterocycles. The Morgan fingerprint density at radius 2 is 2.17 bits per heavy atom. The number of hydrogen-bond acceptors (Lipinski definition) is 2. The first-order chi connectivity index (χ1) is 8.54. The van der Waals surface area contributed by atoms with E-state index in [1.54, 1.807) is 13.2 Å². The third-order valence-corrected chi connectivity index (χ3v) is 3.35. The van der Waals surface area contributed by atoms with Gasteiger partial charge < -0.3 is 10.1 Å². The summed E-state index contributed by atoms with van der Waals surface area (Å²) in [4.78, 5) is 12.0. The molecule has 3 nitrogen and oxygen atoms in total. The lowest BCUT2D eigenvalue weighted by atomic mass is 10.1. The highest BCUT2D eigenvalue weighted by Crippen LogP contribution is 2.22. The van der Waals surface area contributed by atoms with E-state index in [-0.39, 0.29) is 5.91 Å². The lowest BCUT2D eigenvalue weighted by molar-refractivity contribution is 0.0951. The van der Waals surface area contributed by atoms with Crippen molar-refractivity contribution in [3.8, 4) is 5.75 Å². The fourth-order valence-corrected chi connectivity index (χ4v) is 2.04. The van der Waals surface area contributed by atoms with Crippen LogP contribution in [0.4, 0.5) is 0 Å². The topological polar surface area (TPSA) is 38.3 Å². The van der Waals surface area contributed by atoms with Crippen molar-refractivity contribution in [3.63, 3.8) is 0 Å². The number of benzene rings is 1. The highest BCUT2D eigenvalue weighted by atomic mass is 79.9. The van der Waals surface area contributed by atoms with Gasteiger partial charge in [-0.15, -0.1) is 0 Å². The molecule has 18 heavy (non-hydrogen) atoms. The summed E-state index contributed by atoms with van der Waals surface area (Å²) in [5.41, 5.74) is 0.610. The quantitative estimate of drug-likeness (QED) is 0.814. The molecule has 1 N–H and O–H groups in total. The van der Waals surface area contributed by atoms with Gasteiger partial charge in [-0.1, -0.05) is 13.8 Å². The number of nitrogens with one attached hydrogen (secondary N) is 1. The van der Waals surface area contributed by atoms with E-state index in [0.717, 1.165) is 17.3 Å². The average Bonchev–Trinajstić information content (AvgIpc) is 2.34. The minimum Gasteiger partial charge on any atom is -0.497 e. The summed E-state index contributed by atoms with van der Waals surface area (Å²) in [6.07, 6.45) is 2.13. The van der Waals surface area contributed by atoms with Gasteiger partial charge in [0.1, 0.15) is 5.75 Å². The molecule has 0 radical (unpaired) electrons. The van der Waals surface area contributed by atoms with Gasteiger partial charge in [0.05, 0.1) is 12.7 Å². The van der Waals surface area contributed by atoms with Crippen LogP contribution in [-0.2, 0) is 0 Å². The van der Waals surface area contributed by atoms with Crippen LogP contribution in [0.25, 0.3) is 0 Å². The number of hydrogen-bond donors (Lipinski definition) is 1. The predicted octanol–water partition coefficient (Wildman–Crippen LogP) is 3.62. The molecule has 0 aliphatic carbocycles. The van der Waals surface area contributed by atoms with E-state index < -0.39 is 0 Å². The molecule has 0 heterocycles. The maximum absolute atomic E-state index is 12.0. The predicted molar refractivity (Wildman–Crippen MR) is 77.1 cm³/mol. The van der Waals surface area contributed by atoms with Crippen LogP contribution in [0.2, 0.25) is 0 Å². The van der Waals surface area contributed by atoms with Crippen molar-refractivity contribution in [2.45, 2.75) is 26.7 Å². The van der Waals surface area contributed by atoms with Crippen LogP contribution >= 0.6 is 15.9 Å². The molecule has 100 valence electrons. The van der Waals surface area contributed by atoms with Crippen molar-refractivity contribution in [2.24, 2.45) is 5.92 Å². The zero-order valence-electron chi connectivity index (χ0n) is 11.1. The molecule has 1 aromatic rings. The molecule has 1 rings (SSSR count). The van der Waals surface area contributed by atoms with E-state index in [2.05, 4.69) is 35.1 Å². The summed E-state index contributed by atoms with van der Waals surface area (Å²) in [6.45, 7) is 5.07. The lowest BCUT2D eigenvalue weighted by Gasteiger charge is -2.09. The maximum Gasteiger partial charge on any atom is 0.252 e. The van der Waals surface area contributed by atoms with Gasteiger partial charge in [-0.2, -0.15) is 0 Å². The molecule has 0 saturated heterocycles. The second-order valence-corrected chi connectivity index (χ2v) is 5.49. The minimum absolute atomic E-state index is 0.0652. The molecule has 0 aliphatic heterocycles. The molecule has 0 aliphatic rings. The van der Waals surface area contributed by atoms with Crippen LogP contribution in [0.3, 0.4) is 0 Å². The van der Waals surface area contributed by atoms with Gasteiger partial charge in [0.25, 0.3) is 5.91 Å². The molecular formula is C14H20BrNO2. The first kappa shape index (κ1) is 15.0. The molecule has 0 spiro atoms. The molecule has 0 saturated carbocycles. The standard InChI is InChI=1S/C14H20BrNO2/c1-10(2)5-4-8-16-14(17)12-9-11(18-3)6-7-13(12)15/h6-7,9-10H,4-5,8H2,1-3H3,(H,16,17). The van der Waals surface area contributed by atoms with E-state index in [1.807, 2.05) is 12.1 Å². The number of carbonyl (C=O) groups is 1. The highest BCUT2D eigenvalue weighted by molar-refractivity contribution is 9.10. The molecular weight excluding hydrogens is 294 g/mol. The molecule has 0 unspecified atom stereocenters. The van der Waals surface area contributed by atoms with Gasteiger partial charge in [0.15, 0.2) is 0 Å². The Kier molecular flexibility index (Phi) is 6.19. The Morgan fingerprint density at radius 3 is 2.78 bits per heavy atom. The maximum atomic E-state index is 12.0. The molecule has 1 aromatic carbocycles. The zero-order chi connectivity index (χ0) is 13.5. The lowest BCUT2D eigenvalue weighted by Crippen LogP contribution is -2.25. The van der Waals surface area contributed by atoms with Gasteiger partial charge in [0, 0.05) is 11.0 Å². The third kappa shape index (κ3) is 4.69. The second-order valence-electron chi connectivity index (χ2n) is 4.64. The zero-order valence-corrected chi connectivity index (χ0v) is 12.7. The molecule has 0 bridgehead atoms. The second kappa shape index (κ2) is 7.41. The summed E-state index contributed by atoms with van der Waals surface area (Å²) < 4.78 is 5.90. The van der Waals surface area contributed by atoms with Crippen molar-refractivity contribution in [2.75, 3.05) is 13.7 Å². The van der Waals surface area contributed by atoms with Gasteiger partial charge in [-0.05, 0) is 52.9 Å². The first-order valence-corrected chi connectivity index (χ1v) is 6.95. The fraction of sp³-hybridized carbons (Fsp3) is 0.500. The van der Waals surface area contributed by atoms with E-state index in [4.69, 9.17) is 4.74 Å². The van der Waals surface area contributed by atoms with E-state index in [1.165, 1.54) is 0 Å². The van der Waals surface area contributed by atoms with Gasteiger partial charge in [-0.3, -0.25) is 4.79 Å². The molecule has 0 fully saturated rings. The summed E-state index contributed by atoms with van der Waals surface area (Å²) in [6, 6.07) is 5.38. The summed E-state index contributed by atoms with van der Waals surface area (Å²) in [5, 5.41) is 2.92. The van der Waals surface area contributed by atoms with Crippen molar-refractivity contribution in [3.05, 3.63) is 28.2 Å². The first-order valence-electron chi connectivity index (χ1n) is 6.16. The minimum atomic E-state index is -0.0652. The fourth-order valence-electron chi connectivity index (χ4n) is 1.61. The monoisotopic (exact) mass is 313 g/mol. The van der Waals surface area contributed by atoms with Crippen molar-refractivity contribution in [1.29, 1.82) is 0 Å². The normalized spacial score (nSPS) is 10.5. The summed E-state index contributed by atoms with van der Waals surface area (Å²) in [5.74, 6) is 1.29. The van der Waals surface area contributed by atoms with Gasteiger partial charge in [-0.25, -0.2) is 0 Å².